The van der Waals surface area contributed by atoms with E-state index in [0.717, 1.165) is 36.5 Å². The van der Waals surface area contributed by atoms with Crippen LogP contribution >= 0.6 is 0 Å². The molecule has 0 saturated carbocycles. The summed E-state index contributed by atoms with van der Waals surface area (Å²) in [5, 5.41) is 85.2. The van der Waals surface area contributed by atoms with Gasteiger partial charge in [-0.25, -0.2) is 24.3 Å². The van der Waals surface area contributed by atoms with Crippen molar-refractivity contribution in [2.45, 2.75) is 63.7 Å². The van der Waals surface area contributed by atoms with Gasteiger partial charge >= 0.3 is 17.9 Å². The van der Waals surface area contributed by atoms with Crippen molar-refractivity contribution in [1.29, 1.82) is 0 Å². The van der Waals surface area contributed by atoms with Crippen molar-refractivity contribution >= 4 is 35.5 Å². The van der Waals surface area contributed by atoms with Gasteiger partial charge in [0.05, 0.1) is 32.8 Å². The zero-order chi connectivity index (χ0) is 98.8. The summed E-state index contributed by atoms with van der Waals surface area (Å²) in [6.45, 7) is 142. The first-order valence-electron chi connectivity index (χ1n) is 31.7. The van der Waals surface area contributed by atoms with E-state index in [1.807, 2.05) is 48.5 Å². The average Bonchev–Trinajstić information content (AvgIpc) is 1.62. The number of nitrogens with zero attached hydrogens (tertiary/aromatic N) is 1. The number of ketones is 1. The van der Waals surface area contributed by atoms with Gasteiger partial charge in [0.2, 0.25) is 0 Å². The van der Waals surface area contributed by atoms with Gasteiger partial charge in [-0.3, -0.25) is 24.0 Å². The quantitative estimate of drug-likeness (QED) is 0.0149. The summed E-state index contributed by atoms with van der Waals surface area (Å²) < 4.78 is 11.0. The van der Waals surface area contributed by atoms with Crippen LogP contribution in [0.25, 0.3) is 11.1 Å². The second-order valence-electron chi connectivity index (χ2n) is 13.4. The standard InChI is InChI=1S/C35H41NO35.24C2H4/c1-43-50-54-58-62-66-70-68-64-60-56-52-47-22-35(23-48-53-57-61-65-69-71-67-63-59-55-51-44-2,21-46-33(41)15-8-16-34(42)49-36-30(38)17-18-31(36)39)19-24(37)9-7-14-32(40)45-20-29-27-12-5-3-10-25(27)26-11-4-6-13-28(26)29;24*1-2/h3-6,10-13,29H,7-9,14-23H2,1-2H3;24*1-2H2. The monoisotopic (exact) mass is 1710 g/mol. The van der Waals surface area contributed by atoms with E-state index in [4.69, 9.17) is 24.1 Å². The molecule has 1 aliphatic heterocycles. The lowest BCUT2D eigenvalue weighted by molar-refractivity contribution is -0.870. The summed E-state index contributed by atoms with van der Waals surface area (Å²) in [6, 6.07) is 15.5. The molecule has 0 spiro atoms. The summed E-state index contributed by atoms with van der Waals surface area (Å²) in [7, 11) is 2.12. The van der Waals surface area contributed by atoms with Crippen LogP contribution in [0, 0.1) is 5.41 Å². The Hall–Kier alpha value is -11.6. The summed E-state index contributed by atoms with van der Waals surface area (Å²) in [6.07, 6.45) is -2.38. The number of esters is 2. The van der Waals surface area contributed by atoms with Crippen molar-refractivity contribution < 1.29 is 173 Å². The van der Waals surface area contributed by atoms with E-state index in [1.54, 1.807) is 0 Å². The number of hydroxylamine groups is 2. The van der Waals surface area contributed by atoms with Gasteiger partial charge in [0.1, 0.15) is 19.0 Å². The van der Waals surface area contributed by atoms with Gasteiger partial charge in [-0.05, 0) is 146 Å². The molecule has 2 aromatic carbocycles. The van der Waals surface area contributed by atoms with Gasteiger partial charge in [0.15, 0.2) is 0 Å². The predicted molar refractivity (Wildman–Crippen MR) is 462 cm³/mol. The van der Waals surface area contributed by atoms with Crippen molar-refractivity contribution in [2.24, 2.45) is 5.41 Å². The summed E-state index contributed by atoms with van der Waals surface area (Å²) in [5.74, 6) is -4.74. The Balaban J connectivity index is -0.0000000901. The highest BCUT2D eigenvalue weighted by molar-refractivity contribution is 6.01. The number of carbonyl (C=O) groups is 6. The van der Waals surface area contributed by atoms with Gasteiger partial charge < -0.3 is 14.3 Å². The Morgan fingerprint density at radius 2 is 0.546 bits per heavy atom. The molecule has 36 nitrogen and oxygen atoms in total. The van der Waals surface area contributed by atoms with Crippen LogP contribution in [-0.2, 0) is 173 Å². The molecule has 0 bridgehead atoms. The maximum Gasteiger partial charge on any atom is 0.333 e. The van der Waals surface area contributed by atoms with E-state index in [2.05, 4.69) is 436 Å². The molecule has 119 heavy (non-hydrogen) atoms. The highest BCUT2D eigenvalue weighted by atomic mass is 18.0. The molecule has 1 fully saturated rings. The molecular formula is C83H137NO35. The maximum absolute atomic E-state index is 13.5. The van der Waals surface area contributed by atoms with E-state index < -0.39 is 80.0 Å². The van der Waals surface area contributed by atoms with Crippen LogP contribution in [0.3, 0.4) is 0 Å². The summed E-state index contributed by atoms with van der Waals surface area (Å²) in [4.78, 5) is 97.7. The van der Waals surface area contributed by atoms with Crippen LogP contribution in [0.15, 0.2) is 364 Å². The predicted octanol–water partition coefficient (Wildman–Crippen LogP) is 21.7. The molecule has 2 amide bonds. The first-order valence-corrected chi connectivity index (χ1v) is 31.7. The molecule has 2 aromatic rings. The van der Waals surface area contributed by atoms with Gasteiger partial charge in [-0.2, -0.15) is 0 Å². The van der Waals surface area contributed by atoms with Gasteiger partial charge in [0.25, 0.3) is 11.8 Å². The minimum absolute atomic E-state index is 0.0127. The largest absolute Gasteiger partial charge is 0.465 e. The minimum Gasteiger partial charge on any atom is -0.465 e. The fraction of sp³-hybridized carbons (Fsp3) is 0.205. The Bertz CT molecular complexity index is 2150. The number of Topliss-reactive ketones (excluding diaryl/α,β-unsaturated/α-hetero) is 1. The van der Waals surface area contributed by atoms with Crippen molar-refractivity contribution in [1.82, 2.24) is 5.06 Å². The van der Waals surface area contributed by atoms with Crippen molar-refractivity contribution in [2.75, 3.05) is 40.6 Å². The summed E-state index contributed by atoms with van der Waals surface area (Å²) >= 11 is 0. The topological polar surface area (TPSA) is 373 Å². The van der Waals surface area contributed by atoms with Crippen molar-refractivity contribution in [3.63, 3.8) is 0 Å². The number of carbonyl (C=O) groups excluding carboxylic acids is 6. The number of benzene rings is 2. The lowest BCUT2D eigenvalue weighted by atomic mass is 9.84. The molecule has 0 radical (unpaired) electrons. The summed E-state index contributed by atoms with van der Waals surface area (Å²) in [5.41, 5.74) is 2.22. The normalized spacial score (nSPS) is 8.81. The average molecular weight is 1710 g/mol. The third kappa shape index (κ3) is 117. The lowest BCUT2D eigenvalue weighted by Crippen LogP contribution is -2.40. The van der Waals surface area contributed by atoms with Gasteiger partial charge in [-0.15, -0.1) is 321 Å². The van der Waals surface area contributed by atoms with Crippen LogP contribution in [-0.4, -0.2) is 81.2 Å². The minimum atomic E-state index is -1.85. The zero-order valence-electron chi connectivity index (χ0n) is 70.6. The highest BCUT2D eigenvalue weighted by Gasteiger charge is 2.38. The molecule has 1 aliphatic carbocycles. The molecule has 684 valence electrons. The number of imide groups is 1. The van der Waals surface area contributed by atoms with Crippen molar-refractivity contribution in [3.05, 3.63) is 375 Å². The first kappa shape index (κ1) is 163. The molecule has 36 heteroatoms. The Morgan fingerprint density at radius 3 is 0.824 bits per heavy atom. The van der Waals surface area contributed by atoms with Crippen LogP contribution in [0.4, 0.5) is 0 Å². The molecule has 0 atom stereocenters. The molecule has 0 unspecified atom stereocenters. The Labute approximate surface area is 707 Å². The van der Waals surface area contributed by atoms with Crippen LogP contribution in [0.5, 0.6) is 0 Å². The fourth-order valence-electron chi connectivity index (χ4n) is 5.99. The van der Waals surface area contributed by atoms with Crippen LogP contribution in [0.2, 0.25) is 0 Å². The Morgan fingerprint density at radius 1 is 0.311 bits per heavy atom. The third-order valence-corrected chi connectivity index (χ3v) is 8.80. The van der Waals surface area contributed by atoms with Crippen molar-refractivity contribution in [3.8, 4) is 11.1 Å². The van der Waals surface area contributed by atoms with Crippen LogP contribution < -0.4 is 0 Å². The fourth-order valence-corrected chi connectivity index (χ4v) is 5.99. The number of amides is 2. The SMILES string of the molecule is C=C.C=C.C=C.C=C.C=C.C=C.C=C.C=C.C=C.C=C.C=C.C=C.C=C.C=C.C=C.C=C.C=C.C=C.C=C.C=C.C=C.C=C.C=C.C=C.COOOOOOOOOOOOOCC(COOOOOOOOOOOOOC)(COC(=O)CCCC(=O)ON1C(=O)CCC1=O)CC(=O)CCCC(=O)OCC1c2ccccc2-c2ccccc21. The molecule has 2 aliphatic rings. The third-order valence-electron chi connectivity index (χ3n) is 8.80. The number of ether oxygens (including phenoxy) is 2. The second-order valence-corrected chi connectivity index (χ2v) is 13.4. The number of rotatable bonds is 43. The Kier molecular flexibility index (Phi) is 250. The molecule has 0 N–H and O–H groups in total. The zero-order valence-corrected chi connectivity index (χ0v) is 70.6. The molecule has 0 aromatic heterocycles. The van der Waals surface area contributed by atoms with E-state index in [0.29, 0.717) is 5.06 Å². The number of hydrogen-bond acceptors (Lipinski definition) is 35. The molecular weight excluding hydrogens is 1570 g/mol. The lowest BCUT2D eigenvalue weighted by Gasteiger charge is -2.30. The van der Waals surface area contributed by atoms with E-state index in [9.17, 15) is 28.8 Å². The molecule has 1 saturated heterocycles. The second kappa shape index (κ2) is 183. The number of fused-ring (bicyclic) bond motifs is 3. The van der Waals surface area contributed by atoms with Crippen LogP contribution in [0.1, 0.15) is 74.8 Å². The number of hydrogen-bond donors (Lipinski definition) is 0. The van der Waals surface area contributed by atoms with E-state index >= 15 is 0 Å². The van der Waals surface area contributed by atoms with E-state index in [1.165, 1.54) is 0 Å². The van der Waals surface area contributed by atoms with Gasteiger partial charge in [-0.1, -0.05) is 48.5 Å². The molecule has 4 rings (SSSR count). The smallest absolute Gasteiger partial charge is 0.333 e. The molecule has 1 heterocycles. The van der Waals surface area contributed by atoms with E-state index in [-0.39, 0.29) is 51.0 Å². The highest BCUT2D eigenvalue weighted by Crippen LogP contribution is 2.44. The van der Waals surface area contributed by atoms with Gasteiger partial charge in [0, 0.05) is 50.9 Å². The first-order chi connectivity index (χ1) is 58.7. The maximum atomic E-state index is 13.5.